The summed E-state index contributed by atoms with van der Waals surface area (Å²) in [4.78, 5) is 12.6. The number of aromatic nitrogens is 5. The maximum absolute atomic E-state index is 12.4. The first-order valence-corrected chi connectivity index (χ1v) is 9.68. The predicted octanol–water partition coefficient (Wildman–Crippen LogP) is 1.69. The van der Waals surface area contributed by atoms with Crippen LogP contribution >= 0.6 is 11.3 Å². The fourth-order valence-electron chi connectivity index (χ4n) is 2.09. The normalized spacial score (nSPS) is 11.7. The Balaban J connectivity index is 1.71. The number of hydrogen-bond acceptors (Lipinski definition) is 7. The van der Waals surface area contributed by atoms with E-state index in [-0.39, 0.29) is 11.6 Å². The fraction of sp³-hybridized carbons (Fsp3) is 0.286. The second-order valence-corrected chi connectivity index (χ2v) is 7.52. The molecule has 0 saturated carbocycles. The number of rotatable bonds is 7. The highest BCUT2D eigenvalue weighted by Gasteiger charge is 2.19. The summed E-state index contributed by atoms with van der Waals surface area (Å²) in [5.41, 5.74) is 1.29. The quantitative estimate of drug-likeness (QED) is 0.684. The minimum atomic E-state index is -3.64. The molecule has 0 aromatic carbocycles. The molecule has 0 fully saturated rings. The molecule has 0 amide bonds. The van der Waals surface area contributed by atoms with Crippen molar-refractivity contribution in [2.24, 2.45) is 0 Å². The number of aryl methyl sites for hydroxylation is 1. The topological polar surface area (TPSA) is 103 Å². The summed E-state index contributed by atoms with van der Waals surface area (Å²) in [6.07, 6.45) is 7.09. The van der Waals surface area contributed by atoms with Crippen LogP contribution in [0.1, 0.15) is 19.0 Å². The van der Waals surface area contributed by atoms with Crippen molar-refractivity contribution in [1.29, 1.82) is 0 Å². The second kappa shape index (κ2) is 7.16. The summed E-state index contributed by atoms with van der Waals surface area (Å²) in [5.74, 6) is 0. The van der Waals surface area contributed by atoms with Crippen LogP contribution in [-0.2, 0) is 23.1 Å². The zero-order chi connectivity index (χ0) is 17.0. The Morgan fingerprint density at radius 2 is 2.17 bits per heavy atom. The van der Waals surface area contributed by atoms with Gasteiger partial charge >= 0.3 is 0 Å². The maximum atomic E-state index is 12.4. The first-order chi connectivity index (χ1) is 11.6. The van der Waals surface area contributed by atoms with Crippen LogP contribution in [0.5, 0.6) is 0 Å². The van der Waals surface area contributed by atoms with Crippen molar-refractivity contribution in [3.05, 3.63) is 41.9 Å². The molecule has 3 rings (SSSR count). The van der Waals surface area contributed by atoms with Gasteiger partial charge in [0, 0.05) is 24.3 Å². The highest BCUT2D eigenvalue weighted by molar-refractivity contribution is 7.89. The molecule has 0 aliphatic carbocycles. The Morgan fingerprint density at radius 1 is 1.29 bits per heavy atom. The average Bonchev–Trinajstić information content (AvgIpc) is 3.24. The van der Waals surface area contributed by atoms with E-state index >= 15 is 0 Å². The minimum Gasteiger partial charge on any atom is -0.261 e. The third-order valence-corrected chi connectivity index (χ3v) is 5.50. The SMILES string of the molecule is CCCn1nccc1S(=O)(=O)NCc1csc(-c2cnccn2)n1. The van der Waals surface area contributed by atoms with Gasteiger partial charge in [-0.1, -0.05) is 6.92 Å². The molecule has 0 spiro atoms. The van der Waals surface area contributed by atoms with Crippen LogP contribution in [0, 0.1) is 0 Å². The standard InChI is InChI=1S/C14H16N6O2S2/c1-2-7-20-13(3-4-17-20)24(21,22)18-8-11-10-23-14(19-11)12-9-15-5-6-16-12/h3-6,9-10,18H,2,7-8H2,1H3. The van der Waals surface area contributed by atoms with Gasteiger partial charge in [0.15, 0.2) is 5.03 Å². The number of hydrogen-bond donors (Lipinski definition) is 1. The summed E-state index contributed by atoms with van der Waals surface area (Å²) in [6, 6.07) is 1.49. The van der Waals surface area contributed by atoms with Gasteiger partial charge in [-0.15, -0.1) is 11.3 Å². The van der Waals surface area contributed by atoms with Crippen molar-refractivity contribution in [3.63, 3.8) is 0 Å². The molecule has 3 aromatic heterocycles. The molecule has 3 heterocycles. The molecular weight excluding hydrogens is 348 g/mol. The first-order valence-electron chi connectivity index (χ1n) is 7.32. The van der Waals surface area contributed by atoms with Crippen LogP contribution in [-0.4, -0.2) is 33.2 Å². The van der Waals surface area contributed by atoms with Crippen molar-refractivity contribution in [1.82, 2.24) is 29.5 Å². The van der Waals surface area contributed by atoms with Gasteiger partial charge < -0.3 is 0 Å². The van der Waals surface area contributed by atoms with Crippen LogP contribution in [0.2, 0.25) is 0 Å². The van der Waals surface area contributed by atoms with Crippen LogP contribution in [0.25, 0.3) is 10.7 Å². The van der Waals surface area contributed by atoms with Gasteiger partial charge in [-0.2, -0.15) is 5.10 Å². The maximum Gasteiger partial charge on any atom is 0.258 e. The Labute approximate surface area is 143 Å². The van der Waals surface area contributed by atoms with Gasteiger partial charge in [0.05, 0.1) is 24.6 Å². The predicted molar refractivity (Wildman–Crippen MR) is 89.7 cm³/mol. The molecule has 0 bridgehead atoms. The van der Waals surface area contributed by atoms with E-state index in [1.165, 1.54) is 28.3 Å². The molecule has 1 N–H and O–H groups in total. The lowest BCUT2D eigenvalue weighted by Crippen LogP contribution is -2.26. The molecule has 0 saturated heterocycles. The molecular formula is C14H16N6O2S2. The van der Waals surface area contributed by atoms with E-state index in [4.69, 9.17) is 0 Å². The van der Waals surface area contributed by atoms with Crippen LogP contribution in [0.15, 0.2) is 41.3 Å². The second-order valence-electron chi connectivity index (χ2n) is 4.95. The Hall–Kier alpha value is -2.17. The van der Waals surface area contributed by atoms with Crippen LogP contribution < -0.4 is 4.72 Å². The number of sulfonamides is 1. The minimum absolute atomic E-state index is 0.108. The van der Waals surface area contributed by atoms with Gasteiger partial charge in [-0.3, -0.25) is 14.6 Å². The van der Waals surface area contributed by atoms with E-state index in [2.05, 4.69) is 24.8 Å². The molecule has 24 heavy (non-hydrogen) atoms. The van der Waals surface area contributed by atoms with E-state index in [0.717, 1.165) is 6.42 Å². The van der Waals surface area contributed by atoms with E-state index in [0.29, 0.717) is 22.9 Å². The first kappa shape index (κ1) is 16.7. The number of nitrogens with one attached hydrogen (secondary N) is 1. The summed E-state index contributed by atoms with van der Waals surface area (Å²) in [5, 5.41) is 6.70. The Morgan fingerprint density at radius 3 is 2.92 bits per heavy atom. The number of thiazole rings is 1. The summed E-state index contributed by atoms with van der Waals surface area (Å²) in [6.45, 7) is 2.63. The zero-order valence-electron chi connectivity index (χ0n) is 13.0. The van der Waals surface area contributed by atoms with Crippen LogP contribution in [0.4, 0.5) is 0 Å². The van der Waals surface area contributed by atoms with Gasteiger partial charge in [0.25, 0.3) is 10.0 Å². The molecule has 0 atom stereocenters. The van der Waals surface area contributed by atoms with Crippen molar-refractivity contribution < 1.29 is 8.42 Å². The fourth-order valence-corrected chi connectivity index (χ4v) is 4.01. The molecule has 3 aromatic rings. The average molecular weight is 364 g/mol. The van der Waals surface area contributed by atoms with Crippen molar-refractivity contribution in [2.45, 2.75) is 31.5 Å². The lowest BCUT2D eigenvalue weighted by atomic mass is 10.4. The van der Waals surface area contributed by atoms with Crippen molar-refractivity contribution >= 4 is 21.4 Å². The van der Waals surface area contributed by atoms with Gasteiger partial charge in [-0.05, 0) is 12.5 Å². The lowest BCUT2D eigenvalue weighted by molar-refractivity contribution is 0.523. The largest absolute Gasteiger partial charge is 0.261 e. The number of nitrogens with zero attached hydrogens (tertiary/aromatic N) is 5. The van der Waals surface area contributed by atoms with Gasteiger partial charge in [0.1, 0.15) is 10.7 Å². The van der Waals surface area contributed by atoms with E-state index < -0.39 is 10.0 Å². The van der Waals surface area contributed by atoms with E-state index in [1.807, 2.05) is 6.92 Å². The van der Waals surface area contributed by atoms with Crippen molar-refractivity contribution in [3.8, 4) is 10.7 Å². The summed E-state index contributed by atoms with van der Waals surface area (Å²) >= 11 is 1.40. The molecule has 0 unspecified atom stereocenters. The van der Waals surface area contributed by atoms with E-state index in [1.54, 1.807) is 24.0 Å². The molecule has 8 nitrogen and oxygen atoms in total. The highest BCUT2D eigenvalue weighted by Crippen LogP contribution is 2.21. The summed E-state index contributed by atoms with van der Waals surface area (Å²) in [7, 11) is -3.64. The van der Waals surface area contributed by atoms with Crippen LogP contribution in [0.3, 0.4) is 0 Å². The monoisotopic (exact) mass is 364 g/mol. The molecule has 0 aliphatic rings. The highest BCUT2D eigenvalue weighted by atomic mass is 32.2. The third-order valence-electron chi connectivity index (χ3n) is 3.17. The Bertz CT molecular complexity index is 904. The molecule has 10 heteroatoms. The van der Waals surface area contributed by atoms with Gasteiger partial charge in [-0.25, -0.2) is 18.1 Å². The third kappa shape index (κ3) is 3.66. The molecule has 0 aliphatic heterocycles. The molecule has 0 radical (unpaired) electrons. The smallest absolute Gasteiger partial charge is 0.258 e. The molecule has 126 valence electrons. The van der Waals surface area contributed by atoms with Gasteiger partial charge in [0.2, 0.25) is 0 Å². The van der Waals surface area contributed by atoms with E-state index in [9.17, 15) is 8.42 Å². The summed E-state index contributed by atoms with van der Waals surface area (Å²) < 4.78 is 28.9. The van der Waals surface area contributed by atoms with Crippen molar-refractivity contribution in [2.75, 3.05) is 0 Å². The zero-order valence-corrected chi connectivity index (χ0v) is 14.6. The Kier molecular flexibility index (Phi) is 4.97. The lowest BCUT2D eigenvalue weighted by Gasteiger charge is -2.07.